The number of aryl methyl sites for hydroxylation is 3. The van der Waals surface area contributed by atoms with Gasteiger partial charge in [0.2, 0.25) is 0 Å². The molecule has 0 radical (unpaired) electrons. The Labute approximate surface area is 135 Å². The third-order valence-corrected chi connectivity index (χ3v) is 5.78. The van der Waals surface area contributed by atoms with Crippen LogP contribution in [0.1, 0.15) is 21.6 Å². The van der Waals surface area contributed by atoms with E-state index in [1.807, 2.05) is 31.4 Å². The Bertz CT molecular complexity index is 1130. The summed E-state index contributed by atoms with van der Waals surface area (Å²) in [5.74, 6) is 0. The highest BCUT2D eigenvalue weighted by Gasteiger charge is 2.13. The van der Waals surface area contributed by atoms with Gasteiger partial charge >= 0.3 is 0 Å². The molecule has 22 heavy (non-hydrogen) atoms. The molecule has 3 heterocycles. The maximum Gasteiger partial charge on any atom is 0.274 e. The van der Waals surface area contributed by atoms with Crippen molar-refractivity contribution in [3.05, 3.63) is 60.0 Å². The van der Waals surface area contributed by atoms with Crippen molar-refractivity contribution in [1.82, 2.24) is 9.38 Å². The van der Waals surface area contributed by atoms with Crippen molar-refractivity contribution in [1.29, 1.82) is 0 Å². The Morgan fingerprint density at radius 2 is 2.00 bits per heavy atom. The zero-order valence-corrected chi connectivity index (χ0v) is 14.1. The fourth-order valence-electron chi connectivity index (χ4n) is 2.76. The molecule has 4 rings (SSSR count). The van der Waals surface area contributed by atoms with E-state index < -0.39 is 0 Å². The molecular formula is C17H14N2OS2. The van der Waals surface area contributed by atoms with Gasteiger partial charge in [-0.05, 0) is 61.1 Å². The predicted molar refractivity (Wildman–Crippen MR) is 94.2 cm³/mol. The van der Waals surface area contributed by atoms with Crippen molar-refractivity contribution in [3.8, 4) is 0 Å². The molecule has 0 fully saturated rings. The molecule has 5 heteroatoms. The zero-order valence-electron chi connectivity index (χ0n) is 12.5. The van der Waals surface area contributed by atoms with Crippen LogP contribution >= 0.6 is 22.7 Å². The lowest BCUT2D eigenvalue weighted by molar-refractivity contribution is 1.19. The molecule has 0 unspecified atom stereocenters. The van der Waals surface area contributed by atoms with E-state index in [9.17, 15) is 4.79 Å². The maximum atomic E-state index is 12.8. The number of thiazole rings is 1. The summed E-state index contributed by atoms with van der Waals surface area (Å²) in [6.07, 6.45) is 1.98. The van der Waals surface area contributed by atoms with Gasteiger partial charge < -0.3 is 0 Å². The molecule has 3 nitrogen and oxygen atoms in total. The largest absolute Gasteiger partial charge is 0.274 e. The number of hydrogen-bond donors (Lipinski definition) is 0. The Hall–Kier alpha value is -1.98. The first-order valence-corrected chi connectivity index (χ1v) is 8.72. The number of rotatable bonds is 1. The molecule has 0 aliphatic rings. The van der Waals surface area contributed by atoms with Crippen molar-refractivity contribution >= 4 is 44.7 Å². The minimum atomic E-state index is 0.0281. The van der Waals surface area contributed by atoms with Crippen LogP contribution in [0.4, 0.5) is 0 Å². The molecule has 0 amide bonds. The van der Waals surface area contributed by atoms with Crippen molar-refractivity contribution < 1.29 is 0 Å². The van der Waals surface area contributed by atoms with Crippen LogP contribution in [-0.2, 0) is 0 Å². The molecule has 3 aromatic heterocycles. The maximum absolute atomic E-state index is 12.8. The molecule has 0 saturated carbocycles. The van der Waals surface area contributed by atoms with E-state index in [0.29, 0.717) is 0 Å². The van der Waals surface area contributed by atoms with Crippen LogP contribution in [0, 0.1) is 20.8 Å². The normalized spacial score (nSPS) is 12.8. The minimum Gasteiger partial charge on any atom is -0.267 e. The molecule has 0 aliphatic heterocycles. The molecular weight excluding hydrogens is 312 g/mol. The fourth-order valence-corrected chi connectivity index (χ4v) is 4.66. The number of benzene rings is 1. The van der Waals surface area contributed by atoms with E-state index in [2.05, 4.69) is 24.0 Å². The number of aromatic nitrogens is 2. The van der Waals surface area contributed by atoms with Crippen LogP contribution in [0.2, 0.25) is 0 Å². The first-order valence-electron chi connectivity index (χ1n) is 7.02. The molecule has 0 bridgehead atoms. The van der Waals surface area contributed by atoms with E-state index in [-0.39, 0.29) is 5.56 Å². The molecule has 110 valence electrons. The van der Waals surface area contributed by atoms with Crippen LogP contribution in [0.5, 0.6) is 0 Å². The number of thiophene rings is 1. The topological polar surface area (TPSA) is 34.4 Å². The summed E-state index contributed by atoms with van der Waals surface area (Å²) in [6.45, 7) is 6.15. The van der Waals surface area contributed by atoms with Gasteiger partial charge in [0.25, 0.3) is 5.56 Å². The van der Waals surface area contributed by atoms with Crippen LogP contribution < -0.4 is 10.1 Å². The quantitative estimate of drug-likeness (QED) is 0.537. The summed E-state index contributed by atoms with van der Waals surface area (Å²) in [5, 5.41) is 2.05. The number of fused-ring (bicyclic) bond motifs is 3. The molecule has 0 aliphatic carbocycles. The van der Waals surface area contributed by atoms with Crippen molar-refractivity contribution in [2.24, 2.45) is 0 Å². The SMILES string of the molecule is Cc1cc(C)c2nc3s/c(=C/c4sccc4C)c(=O)n3c2c1. The van der Waals surface area contributed by atoms with Gasteiger partial charge in [0, 0.05) is 4.88 Å². The second-order valence-electron chi connectivity index (χ2n) is 5.56. The van der Waals surface area contributed by atoms with Gasteiger partial charge in [-0.2, -0.15) is 0 Å². The highest BCUT2D eigenvalue weighted by atomic mass is 32.1. The summed E-state index contributed by atoms with van der Waals surface area (Å²) in [5.41, 5.74) is 5.33. The van der Waals surface area contributed by atoms with E-state index in [1.165, 1.54) is 16.9 Å². The first kappa shape index (κ1) is 13.7. The van der Waals surface area contributed by atoms with E-state index >= 15 is 0 Å². The highest BCUT2D eigenvalue weighted by molar-refractivity contribution is 7.15. The molecule has 4 aromatic rings. The van der Waals surface area contributed by atoms with Crippen LogP contribution in [0.15, 0.2) is 28.4 Å². The van der Waals surface area contributed by atoms with E-state index in [0.717, 1.165) is 36.5 Å². The standard InChI is InChI=1S/C17H14N2OS2/c1-9-6-11(3)15-12(7-9)19-16(20)14(22-17(19)18-15)8-13-10(2)4-5-21-13/h4-8H,1-3H3/b14-8+. The highest BCUT2D eigenvalue weighted by Crippen LogP contribution is 2.22. The third-order valence-electron chi connectivity index (χ3n) is 3.84. The summed E-state index contributed by atoms with van der Waals surface area (Å²) in [6, 6.07) is 6.21. The second-order valence-corrected chi connectivity index (χ2v) is 7.52. The number of nitrogens with zero attached hydrogens (tertiary/aromatic N) is 2. The molecule has 0 atom stereocenters. The number of hydrogen-bond acceptors (Lipinski definition) is 4. The lowest BCUT2D eigenvalue weighted by Crippen LogP contribution is -2.22. The Kier molecular flexibility index (Phi) is 2.96. The smallest absolute Gasteiger partial charge is 0.267 e. The van der Waals surface area contributed by atoms with E-state index in [1.54, 1.807) is 15.7 Å². The molecule has 0 saturated heterocycles. The van der Waals surface area contributed by atoms with Gasteiger partial charge in [0.1, 0.15) is 0 Å². The van der Waals surface area contributed by atoms with Gasteiger partial charge in [0.15, 0.2) is 4.96 Å². The lowest BCUT2D eigenvalue weighted by atomic mass is 10.1. The van der Waals surface area contributed by atoms with Gasteiger partial charge in [0.05, 0.1) is 15.6 Å². The summed E-state index contributed by atoms with van der Waals surface area (Å²) in [7, 11) is 0. The van der Waals surface area contributed by atoms with Gasteiger partial charge in [-0.15, -0.1) is 11.3 Å². The average Bonchev–Trinajstić information content (AvgIpc) is 3.09. The summed E-state index contributed by atoms with van der Waals surface area (Å²) < 4.78 is 2.49. The third kappa shape index (κ3) is 1.93. The first-order chi connectivity index (χ1) is 10.5. The Morgan fingerprint density at radius 3 is 2.73 bits per heavy atom. The van der Waals surface area contributed by atoms with Crippen LogP contribution in [-0.4, -0.2) is 9.38 Å². The van der Waals surface area contributed by atoms with Gasteiger partial charge in [-0.3, -0.25) is 4.79 Å². The van der Waals surface area contributed by atoms with Crippen LogP contribution in [0.25, 0.3) is 22.1 Å². The van der Waals surface area contributed by atoms with Crippen molar-refractivity contribution in [2.45, 2.75) is 20.8 Å². The molecule has 0 N–H and O–H groups in total. The van der Waals surface area contributed by atoms with Crippen molar-refractivity contribution in [2.75, 3.05) is 0 Å². The van der Waals surface area contributed by atoms with Gasteiger partial charge in [-0.1, -0.05) is 17.4 Å². The van der Waals surface area contributed by atoms with Crippen LogP contribution in [0.3, 0.4) is 0 Å². The van der Waals surface area contributed by atoms with Crippen molar-refractivity contribution in [3.63, 3.8) is 0 Å². The Balaban J connectivity index is 2.09. The Morgan fingerprint density at radius 1 is 1.18 bits per heavy atom. The van der Waals surface area contributed by atoms with E-state index in [4.69, 9.17) is 0 Å². The second kappa shape index (κ2) is 4.76. The predicted octanol–water partition coefficient (Wildman–Crippen LogP) is 3.44. The summed E-state index contributed by atoms with van der Waals surface area (Å²) in [4.78, 5) is 19.3. The molecule has 1 aromatic carbocycles. The fraction of sp³-hybridized carbons (Fsp3) is 0.176. The van der Waals surface area contributed by atoms with Gasteiger partial charge in [-0.25, -0.2) is 9.38 Å². The minimum absolute atomic E-state index is 0.0281. The lowest BCUT2D eigenvalue weighted by Gasteiger charge is -1.97. The zero-order chi connectivity index (χ0) is 15.4. The monoisotopic (exact) mass is 326 g/mol. The average molecular weight is 326 g/mol. The number of imidazole rings is 1. The molecule has 0 spiro atoms. The summed E-state index contributed by atoms with van der Waals surface area (Å²) >= 11 is 3.12.